The van der Waals surface area contributed by atoms with Crippen molar-refractivity contribution in [2.45, 2.75) is 64.7 Å². The summed E-state index contributed by atoms with van der Waals surface area (Å²) in [5.74, 6) is 0. The highest BCUT2D eigenvalue weighted by atomic mass is 16.5. The second-order valence-electron chi connectivity index (χ2n) is 4.85. The number of rotatable bonds is 7. The summed E-state index contributed by atoms with van der Waals surface area (Å²) in [6, 6.07) is 0.630. The molecule has 1 aliphatic rings. The maximum absolute atomic E-state index is 5.71. The standard InChI is InChI=1S/C13H27NO2/c1-4-7-15-8-5-6-14-13-9-11(2)16-12(3)10-13/h11-14H,4-10H2,1-3H3. The van der Waals surface area contributed by atoms with E-state index in [9.17, 15) is 0 Å². The van der Waals surface area contributed by atoms with E-state index in [2.05, 4.69) is 26.1 Å². The molecule has 0 spiro atoms. The highest BCUT2D eigenvalue weighted by Crippen LogP contribution is 2.18. The molecule has 1 aliphatic heterocycles. The monoisotopic (exact) mass is 229 g/mol. The van der Waals surface area contributed by atoms with E-state index >= 15 is 0 Å². The van der Waals surface area contributed by atoms with Crippen LogP contribution in [0.2, 0.25) is 0 Å². The summed E-state index contributed by atoms with van der Waals surface area (Å²) in [6.45, 7) is 9.31. The van der Waals surface area contributed by atoms with Gasteiger partial charge in [0.1, 0.15) is 0 Å². The Labute approximate surface area is 99.9 Å². The van der Waals surface area contributed by atoms with Crippen LogP contribution < -0.4 is 5.32 Å². The third-order valence-corrected chi connectivity index (χ3v) is 2.94. The molecule has 0 aromatic heterocycles. The second-order valence-corrected chi connectivity index (χ2v) is 4.85. The van der Waals surface area contributed by atoms with E-state index in [1.165, 1.54) is 0 Å². The van der Waals surface area contributed by atoms with Crippen LogP contribution in [0.1, 0.15) is 46.5 Å². The van der Waals surface area contributed by atoms with Gasteiger partial charge in [0, 0.05) is 19.3 Å². The average molecular weight is 229 g/mol. The van der Waals surface area contributed by atoms with Crippen LogP contribution >= 0.6 is 0 Å². The smallest absolute Gasteiger partial charge is 0.0565 e. The zero-order valence-electron chi connectivity index (χ0n) is 11.0. The first kappa shape index (κ1) is 13.9. The minimum atomic E-state index is 0.401. The maximum Gasteiger partial charge on any atom is 0.0565 e. The third-order valence-electron chi connectivity index (χ3n) is 2.94. The number of hydrogen-bond acceptors (Lipinski definition) is 3. The lowest BCUT2D eigenvalue weighted by Crippen LogP contribution is -2.41. The molecular weight excluding hydrogens is 202 g/mol. The molecule has 3 nitrogen and oxygen atoms in total. The Kier molecular flexibility index (Phi) is 7.01. The Bertz CT molecular complexity index is 165. The fraction of sp³-hybridized carbons (Fsp3) is 1.00. The molecular formula is C13H27NO2. The first-order chi connectivity index (χ1) is 7.72. The van der Waals surface area contributed by atoms with Gasteiger partial charge in [0.05, 0.1) is 12.2 Å². The first-order valence-corrected chi connectivity index (χ1v) is 6.69. The molecule has 3 heteroatoms. The zero-order chi connectivity index (χ0) is 11.8. The highest BCUT2D eigenvalue weighted by Gasteiger charge is 2.23. The molecule has 0 aromatic rings. The Morgan fingerprint density at radius 1 is 1.19 bits per heavy atom. The molecule has 1 fully saturated rings. The van der Waals surface area contributed by atoms with Crippen LogP contribution in [0.15, 0.2) is 0 Å². The Balaban J connectivity index is 1.99. The van der Waals surface area contributed by atoms with Gasteiger partial charge < -0.3 is 14.8 Å². The van der Waals surface area contributed by atoms with E-state index in [-0.39, 0.29) is 0 Å². The summed E-state index contributed by atoms with van der Waals surface area (Å²) in [7, 11) is 0. The van der Waals surface area contributed by atoms with Crippen molar-refractivity contribution in [2.75, 3.05) is 19.8 Å². The lowest BCUT2D eigenvalue weighted by Gasteiger charge is -2.32. The van der Waals surface area contributed by atoms with Gasteiger partial charge in [0.15, 0.2) is 0 Å². The van der Waals surface area contributed by atoms with Crippen LogP contribution in [-0.4, -0.2) is 38.0 Å². The van der Waals surface area contributed by atoms with Gasteiger partial charge >= 0.3 is 0 Å². The number of nitrogens with one attached hydrogen (secondary N) is 1. The minimum Gasteiger partial charge on any atom is -0.381 e. The quantitative estimate of drug-likeness (QED) is 0.680. The van der Waals surface area contributed by atoms with Crippen molar-refractivity contribution >= 4 is 0 Å². The molecule has 2 unspecified atom stereocenters. The van der Waals surface area contributed by atoms with Crippen molar-refractivity contribution in [2.24, 2.45) is 0 Å². The van der Waals surface area contributed by atoms with Gasteiger partial charge in [-0.25, -0.2) is 0 Å². The Morgan fingerprint density at radius 2 is 1.88 bits per heavy atom. The van der Waals surface area contributed by atoms with E-state index in [0.717, 1.165) is 45.4 Å². The molecule has 2 atom stereocenters. The van der Waals surface area contributed by atoms with Gasteiger partial charge in [-0.1, -0.05) is 6.92 Å². The Hall–Kier alpha value is -0.120. The fourth-order valence-corrected chi connectivity index (χ4v) is 2.30. The predicted molar refractivity (Wildman–Crippen MR) is 66.8 cm³/mol. The predicted octanol–water partition coefficient (Wildman–Crippen LogP) is 2.35. The van der Waals surface area contributed by atoms with Gasteiger partial charge in [-0.15, -0.1) is 0 Å². The second kappa shape index (κ2) is 8.04. The van der Waals surface area contributed by atoms with E-state index in [0.29, 0.717) is 18.2 Å². The first-order valence-electron chi connectivity index (χ1n) is 6.69. The molecule has 0 bridgehead atoms. The molecule has 0 amide bonds. The third kappa shape index (κ3) is 5.83. The van der Waals surface area contributed by atoms with Crippen LogP contribution in [0.3, 0.4) is 0 Å². The normalized spacial score (nSPS) is 30.6. The fourth-order valence-electron chi connectivity index (χ4n) is 2.30. The Morgan fingerprint density at radius 3 is 2.50 bits per heavy atom. The maximum atomic E-state index is 5.71. The molecule has 96 valence electrons. The average Bonchev–Trinajstić information content (AvgIpc) is 2.22. The van der Waals surface area contributed by atoms with Crippen LogP contribution in [-0.2, 0) is 9.47 Å². The van der Waals surface area contributed by atoms with E-state index in [4.69, 9.17) is 9.47 Å². The van der Waals surface area contributed by atoms with Crippen molar-refractivity contribution in [1.82, 2.24) is 5.32 Å². The van der Waals surface area contributed by atoms with Gasteiger partial charge in [-0.3, -0.25) is 0 Å². The highest BCUT2D eigenvalue weighted by molar-refractivity contribution is 4.78. The lowest BCUT2D eigenvalue weighted by atomic mass is 10.00. The van der Waals surface area contributed by atoms with Gasteiger partial charge in [0.2, 0.25) is 0 Å². The summed E-state index contributed by atoms with van der Waals surface area (Å²) in [6.07, 6.45) is 5.30. The van der Waals surface area contributed by atoms with E-state index in [1.54, 1.807) is 0 Å². The molecule has 0 aromatic carbocycles. The molecule has 1 heterocycles. The molecule has 1 N–H and O–H groups in total. The summed E-state index contributed by atoms with van der Waals surface area (Å²) < 4.78 is 11.2. The van der Waals surface area contributed by atoms with Gasteiger partial charge in [-0.05, 0) is 46.1 Å². The summed E-state index contributed by atoms with van der Waals surface area (Å²) in [5.41, 5.74) is 0. The molecule has 0 saturated carbocycles. The minimum absolute atomic E-state index is 0.401. The van der Waals surface area contributed by atoms with Gasteiger partial charge in [-0.2, -0.15) is 0 Å². The molecule has 16 heavy (non-hydrogen) atoms. The van der Waals surface area contributed by atoms with Gasteiger partial charge in [0.25, 0.3) is 0 Å². The lowest BCUT2D eigenvalue weighted by molar-refractivity contribution is -0.0421. The largest absolute Gasteiger partial charge is 0.381 e. The van der Waals surface area contributed by atoms with Crippen molar-refractivity contribution in [3.05, 3.63) is 0 Å². The van der Waals surface area contributed by atoms with Crippen molar-refractivity contribution in [3.8, 4) is 0 Å². The van der Waals surface area contributed by atoms with Crippen molar-refractivity contribution < 1.29 is 9.47 Å². The summed E-state index contributed by atoms with van der Waals surface area (Å²) in [5, 5.41) is 3.60. The summed E-state index contributed by atoms with van der Waals surface area (Å²) in [4.78, 5) is 0. The molecule has 0 radical (unpaired) electrons. The SMILES string of the molecule is CCCOCCCNC1CC(C)OC(C)C1. The molecule has 1 saturated heterocycles. The van der Waals surface area contributed by atoms with Crippen molar-refractivity contribution in [1.29, 1.82) is 0 Å². The van der Waals surface area contributed by atoms with E-state index < -0.39 is 0 Å². The zero-order valence-corrected chi connectivity index (χ0v) is 11.0. The van der Waals surface area contributed by atoms with Crippen LogP contribution in [0, 0.1) is 0 Å². The van der Waals surface area contributed by atoms with E-state index in [1.807, 2.05) is 0 Å². The van der Waals surface area contributed by atoms with Crippen LogP contribution in [0.25, 0.3) is 0 Å². The number of ether oxygens (including phenoxy) is 2. The molecule has 0 aliphatic carbocycles. The van der Waals surface area contributed by atoms with Crippen LogP contribution in [0.5, 0.6) is 0 Å². The van der Waals surface area contributed by atoms with Crippen LogP contribution in [0.4, 0.5) is 0 Å². The van der Waals surface area contributed by atoms with Crippen molar-refractivity contribution in [3.63, 3.8) is 0 Å². The topological polar surface area (TPSA) is 30.5 Å². The number of hydrogen-bond donors (Lipinski definition) is 1. The summed E-state index contributed by atoms with van der Waals surface area (Å²) >= 11 is 0. The molecule has 1 rings (SSSR count).